The molecule has 0 radical (unpaired) electrons. The smallest absolute Gasteiger partial charge is 0.254 e. The highest BCUT2D eigenvalue weighted by molar-refractivity contribution is 5.97. The molecule has 1 saturated heterocycles. The van der Waals surface area contributed by atoms with E-state index in [-0.39, 0.29) is 17.7 Å². The third-order valence-electron chi connectivity index (χ3n) is 5.97. The number of piperazine rings is 1. The highest BCUT2D eigenvalue weighted by Gasteiger charge is 2.36. The second-order valence-electron chi connectivity index (χ2n) is 7.37. The Balaban J connectivity index is 1.58. The van der Waals surface area contributed by atoms with Gasteiger partial charge < -0.3 is 9.80 Å². The third kappa shape index (κ3) is 2.19. The van der Waals surface area contributed by atoms with Gasteiger partial charge in [0.15, 0.2) is 0 Å². The fraction of sp³-hybridized carbons (Fsp3) is 0.318. The molecule has 3 nitrogen and oxygen atoms in total. The van der Waals surface area contributed by atoms with Crippen molar-refractivity contribution in [3.05, 3.63) is 82.4 Å². The molecule has 4 aliphatic rings. The summed E-state index contributed by atoms with van der Waals surface area (Å²) in [6, 6.07) is 15.0. The standard InChI is InChI=1S/C22H22N2O/c1-23-11-13-24(14-12-23)22(25)20-8-4-7-18-17-9-10-19(21(18)20)16-6-3-2-5-15(16)17/h2-10,17,19H,11-14H2,1H3. The summed E-state index contributed by atoms with van der Waals surface area (Å²) in [5.74, 6) is 0.698. The molecule has 126 valence electrons. The van der Waals surface area contributed by atoms with Gasteiger partial charge in [0.1, 0.15) is 0 Å². The predicted molar refractivity (Wildman–Crippen MR) is 99.1 cm³/mol. The van der Waals surface area contributed by atoms with Crippen molar-refractivity contribution in [3.8, 4) is 0 Å². The van der Waals surface area contributed by atoms with Crippen molar-refractivity contribution in [3.63, 3.8) is 0 Å². The first kappa shape index (κ1) is 14.9. The van der Waals surface area contributed by atoms with Gasteiger partial charge in [0.2, 0.25) is 0 Å². The first-order chi connectivity index (χ1) is 12.2. The van der Waals surface area contributed by atoms with Crippen molar-refractivity contribution in [2.45, 2.75) is 11.8 Å². The number of hydrogen-bond acceptors (Lipinski definition) is 2. The molecular formula is C22H22N2O. The van der Waals surface area contributed by atoms with E-state index >= 15 is 0 Å². The van der Waals surface area contributed by atoms with Crippen LogP contribution < -0.4 is 0 Å². The van der Waals surface area contributed by atoms with Gasteiger partial charge in [-0.1, -0.05) is 48.6 Å². The third-order valence-corrected chi connectivity index (χ3v) is 5.97. The summed E-state index contributed by atoms with van der Waals surface area (Å²) < 4.78 is 0. The molecule has 1 fully saturated rings. The van der Waals surface area contributed by atoms with Crippen molar-refractivity contribution in [2.75, 3.05) is 33.2 Å². The number of carbonyl (C=O) groups is 1. The SMILES string of the molecule is CN1CCN(C(=O)c2cccc3c2C2C=CC3c3ccccc32)CC1. The van der Waals surface area contributed by atoms with Crippen LogP contribution in [0.2, 0.25) is 0 Å². The molecule has 25 heavy (non-hydrogen) atoms. The van der Waals surface area contributed by atoms with Crippen LogP contribution in [0.5, 0.6) is 0 Å². The van der Waals surface area contributed by atoms with Gasteiger partial charge in [-0.2, -0.15) is 0 Å². The van der Waals surface area contributed by atoms with E-state index in [0.717, 1.165) is 31.7 Å². The predicted octanol–water partition coefficient (Wildman–Crippen LogP) is 3.22. The Morgan fingerprint density at radius 2 is 1.48 bits per heavy atom. The van der Waals surface area contributed by atoms with Crippen molar-refractivity contribution in [1.29, 1.82) is 0 Å². The van der Waals surface area contributed by atoms with E-state index in [2.05, 4.69) is 60.5 Å². The normalized spacial score (nSPS) is 24.1. The fourth-order valence-corrected chi connectivity index (χ4v) is 4.60. The van der Waals surface area contributed by atoms with Gasteiger partial charge in [0.05, 0.1) is 0 Å². The van der Waals surface area contributed by atoms with Crippen LogP contribution in [0, 0.1) is 0 Å². The maximum Gasteiger partial charge on any atom is 0.254 e. The molecule has 2 bridgehead atoms. The van der Waals surface area contributed by atoms with Crippen molar-refractivity contribution in [2.24, 2.45) is 0 Å². The number of nitrogens with zero attached hydrogens (tertiary/aromatic N) is 2. The van der Waals surface area contributed by atoms with Crippen molar-refractivity contribution < 1.29 is 4.79 Å². The Hall–Kier alpha value is -2.39. The van der Waals surface area contributed by atoms with Crippen LogP contribution in [0.25, 0.3) is 0 Å². The van der Waals surface area contributed by atoms with E-state index in [0.29, 0.717) is 0 Å². The van der Waals surface area contributed by atoms with E-state index in [4.69, 9.17) is 0 Å². The summed E-state index contributed by atoms with van der Waals surface area (Å²) in [6.45, 7) is 3.55. The lowest BCUT2D eigenvalue weighted by atomic mass is 9.66. The van der Waals surface area contributed by atoms with Crippen LogP contribution in [0.15, 0.2) is 54.6 Å². The van der Waals surface area contributed by atoms with E-state index < -0.39 is 0 Å². The second kappa shape index (κ2) is 5.57. The van der Waals surface area contributed by atoms with Crippen molar-refractivity contribution in [1.82, 2.24) is 9.80 Å². The minimum atomic E-state index is 0.198. The Kier molecular flexibility index (Phi) is 3.32. The van der Waals surface area contributed by atoms with Gasteiger partial charge in [-0.25, -0.2) is 0 Å². The zero-order valence-electron chi connectivity index (χ0n) is 14.5. The largest absolute Gasteiger partial charge is 0.336 e. The Bertz CT molecular complexity index is 877. The Morgan fingerprint density at radius 1 is 0.840 bits per heavy atom. The maximum atomic E-state index is 13.2. The molecule has 2 unspecified atom stereocenters. The Labute approximate surface area is 148 Å². The number of hydrogen-bond donors (Lipinski definition) is 0. The second-order valence-corrected chi connectivity index (χ2v) is 7.37. The van der Waals surface area contributed by atoms with Crippen LogP contribution in [0.3, 0.4) is 0 Å². The van der Waals surface area contributed by atoms with Gasteiger partial charge in [0.25, 0.3) is 5.91 Å². The Morgan fingerprint density at radius 3 is 2.24 bits per heavy atom. The molecule has 2 atom stereocenters. The molecule has 0 spiro atoms. The summed E-state index contributed by atoms with van der Waals surface area (Å²) in [6.07, 6.45) is 4.59. The maximum absolute atomic E-state index is 13.2. The molecule has 0 N–H and O–H groups in total. The lowest BCUT2D eigenvalue weighted by molar-refractivity contribution is 0.0662. The number of amides is 1. The molecule has 3 aliphatic carbocycles. The molecule has 2 aromatic carbocycles. The summed E-state index contributed by atoms with van der Waals surface area (Å²) in [4.78, 5) is 17.6. The van der Waals surface area contributed by atoms with E-state index in [1.807, 2.05) is 11.0 Å². The van der Waals surface area contributed by atoms with Gasteiger partial charge in [0, 0.05) is 43.6 Å². The number of carbonyl (C=O) groups excluding carboxylic acids is 1. The average Bonchev–Trinajstić information content (AvgIpc) is 2.68. The highest BCUT2D eigenvalue weighted by atomic mass is 16.2. The fourth-order valence-electron chi connectivity index (χ4n) is 4.60. The molecule has 1 aliphatic heterocycles. The molecule has 0 aromatic heterocycles. The summed E-state index contributed by atoms with van der Waals surface area (Å²) in [5, 5.41) is 0. The van der Waals surface area contributed by atoms with Crippen LogP contribution in [-0.4, -0.2) is 48.9 Å². The number of likely N-dealkylation sites (N-methyl/N-ethyl adjacent to an activating group) is 1. The van der Waals surface area contributed by atoms with Crippen LogP contribution in [0.1, 0.15) is 44.4 Å². The summed E-state index contributed by atoms with van der Waals surface area (Å²) in [7, 11) is 2.12. The first-order valence-corrected chi connectivity index (χ1v) is 9.12. The highest BCUT2D eigenvalue weighted by Crippen LogP contribution is 2.49. The number of rotatable bonds is 1. The minimum Gasteiger partial charge on any atom is -0.336 e. The molecule has 0 saturated carbocycles. The van der Waals surface area contributed by atoms with Gasteiger partial charge in [-0.05, 0) is 35.4 Å². The van der Waals surface area contributed by atoms with Crippen LogP contribution in [0.4, 0.5) is 0 Å². The van der Waals surface area contributed by atoms with E-state index in [9.17, 15) is 4.79 Å². The summed E-state index contributed by atoms with van der Waals surface area (Å²) in [5.41, 5.74) is 6.20. The zero-order valence-corrected chi connectivity index (χ0v) is 14.5. The van der Waals surface area contributed by atoms with Gasteiger partial charge in [-0.15, -0.1) is 0 Å². The first-order valence-electron chi connectivity index (χ1n) is 9.12. The lowest BCUT2D eigenvalue weighted by Crippen LogP contribution is -2.47. The number of benzene rings is 2. The lowest BCUT2D eigenvalue weighted by Gasteiger charge is -2.38. The molecule has 3 heteroatoms. The zero-order chi connectivity index (χ0) is 17.0. The monoisotopic (exact) mass is 330 g/mol. The molecule has 1 amide bonds. The topological polar surface area (TPSA) is 23.6 Å². The van der Waals surface area contributed by atoms with Crippen LogP contribution >= 0.6 is 0 Å². The molecule has 2 aromatic rings. The van der Waals surface area contributed by atoms with E-state index in [1.165, 1.54) is 22.3 Å². The average molecular weight is 330 g/mol. The van der Waals surface area contributed by atoms with Gasteiger partial charge in [-0.3, -0.25) is 4.79 Å². The van der Waals surface area contributed by atoms with Gasteiger partial charge >= 0.3 is 0 Å². The molecule has 1 heterocycles. The quantitative estimate of drug-likeness (QED) is 0.750. The minimum absolute atomic E-state index is 0.198. The van der Waals surface area contributed by atoms with Crippen LogP contribution in [-0.2, 0) is 0 Å². The molecule has 6 rings (SSSR count). The number of allylic oxidation sites excluding steroid dienone is 2. The van der Waals surface area contributed by atoms with E-state index in [1.54, 1.807) is 0 Å². The van der Waals surface area contributed by atoms with Crippen molar-refractivity contribution >= 4 is 5.91 Å². The summed E-state index contributed by atoms with van der Waals surface area (Å²) >= 11 is 0. The molecular weight excluding hydrogens is 308 g/mol.